The fraction of sp³-hybridized carbons (Fsp3) is 0. The van der Waals surface area contributed by atoms with Gasteiger partial charge in [-0.05, 0) is 29.4 Å². The van der Waals surface area contributed by atoms with Crippen LogP contribution < -0.4 is 5.32 Å². The number of hydrogen-bond acceptors (Lipinski definition) is 4. The number of rotatable bonds is 3. The van der Waals surface area contributed by atoms with E-state index in [1.54, 1.807) is 6.07 Å². The fourth-order valence-corrected chi connectivity index (χ4v) is 1.54. The van der Waals surface area contributed by atoms with Crippen molar-refractivity contribution in [2.24, 2.45) is 5.18 Å². The lowest BCUT2D eigenvalue weighted by Crippen LogP contribution is -1.93. The van der Waals surface area contributed by atoms with Crippen LogP contribution in [-0.2, 0) is 0 Å². The third kappa shape index (κ3) is 2.98. The zero-order valence-corrected chi connectivity index (χ0v) is 9.28. The van der Waals surface area contributed by atoms with Crippen LogP contribution in [0.1, 0.15) is 0 Å². The van der Waals surface area contributed by atoms with Gasteiger partial charge in [0, 0.05) is 23.0 Å². The van der Waals surface area contributed by atoms with Crippen molar-refractivity contribution >= 4 is 28.8 Å². The zero-order valence-electron chi connectivity index (χ0n) is 8.52. The third-order valence-electron chi connectivity index (χ3n) is 1.98. The van der Waals surface area contributed by atoms with Gasteiger partial charge in [0.1, 0.15) is 17.3 Å². The predicted molar refractivity (Wildman–Crippen MR) is 64.4 cm³/mol. The summed E-state index contributed by atoms with van der Waals surface area (Å²) in [6.45, 7) is 0. The smallest absolute Gasteiger partial charge is 0.132 e. The van der Waals surface area contributed by atoms with E-state index >= 15 is 0 Å². The van der Waals surface area contributed by atoms with Gasteiger partial charge in [-0.2, -0.15) is 0 Å². The van der Waals surface area contributed by atoms with Crippen molar-refractivity contribution in [2.45, 2.75) is 0 Å². The maximum absolute atomic E-state index is 13.1. The molecule has 86 valence electrons. The molecule has 1 aromatic heterocycles. The number of aromatic nitrogens is 1. The average molecular weight is 252 g/mol. The van der Waals surface area contributed by atoms with Gasteiger partial charge in [-0.15, -0.1) is 4.91 Å². The number of nitrogens with zero attached hydrogens (tertiary/aromatic N) is 2. The highest BCUT2D eigenvalue weighted by molar-refractivity contribution is 6.30. The van der Waals surface area contributed by atoms with E-state index < -0.39 is 5.82 Å². The lowest BCUT2D eigenvalue weighted by atomic mass is 10.3. The van der Waals surface area contributed by atoms with Crippen molar-refractivity contribution in [1.29, 1.82) is 0 Å². The number of halogens is 2. The van der Waals surface area contributed by atoms with Crippen LogP contribution in [0.5, 0.6) is 0 Å². The monoisotopic (exact) mass is 251 g/mol. The predicted octanol–water partition coefficient (Wildman–Crippen LogP) is 4.02. The molecular formula is C11H7ClFN3O. The molecule has 2 rings (SSSR count). The molecule has 0 atom stereocenters. The lowest BCUT2D eigenvalue weighted by molar-refractivity contribution is 0.628. The van der Waals surface area contributed by atoms with Crippen LogP contribution in [-0.4, -0.2) is 4.98 Å². The Kier molecular flexibility index (Phi) is 3.30. The highest BCUT2D eigenvalue weighted by Crippen LogP contribution is 2.22. The molecule has 0 aliphatic carbocycles. The summed E-state index contributed by atoms with van der Waals surface area (Å²) in [4.78, 5) is 14.3. The van der Waals surface area contributed by atoms with Gasteiger partial charge in [0.2, 0.25) is 0 Å². The summed E-state index contributed by atoms with van der Waals surface area (Å²) in [5.74, 6) is -0.0616. The van der Waals surface area contributed by atoms with Crippen molar-refractivity contribution in [3.05, 3.63) is 52.3 Å². The highest BCUT2D eigenvalue weighted by atomic mass is 35.5. The number of pyridine rings is 1. The van der Waals surface area contributed by atoms with Crippen LogP contribution in [0, 0.1) is 10.7 Å². The highest BCUT2D eigenvalue weighted by Gasteiger charge is 2.01. The molecule has 0 aliphatic rings. The molecule has 0 unspecified atom stereocenters. The van der Waals surface area contributed by atoms with Crippen LogP contribution >= 0.6 is 11.6 Å². The Hall–Kier alpha value is -2.01. The normalized spacial score (nSPS) is 10.0. The Morgan fingerprint density at radius 3 is 2.82 bits per heavy atom. The van der Waals surface area contributed by atoms with Gasteiger partial charge in [-0.1, -0.05) is 11.6 Å². The van der Waals surface area contributed by atoms with E-state index in [1.165, 1.54) is 30.5 Å². The third-order valence-corrected chi connectivity index (χ3v) is 2.20. The summed E-state index contributed by atoms with van der Waals surface area (Å²) in [6, 6.07) is 6.94. The van der Waals surface area contributed by atoms with Gasteiger partial charge < -0.3 is 5.32 Å². The Bertz CT molecular complexity index is 542. The molecule has 0 fully saturated rings. The van der Waals surface area contributed by atoms with Gasteiger partial charge in [-0.3, -0.25) is 0 Å². The first-order valence-electron chi connectivity index (χ1n) is 4.70. The SMILES string of the molecule is O=Nc1ccnc(Nc2cc(F)cc(Cl)c2)c1. The summed E-state index contributed by atoms with van der Waals surface area (Å²) in [7, 11) is 0. The lowest BCUT2D eigenvalue weighted by Gasteiger charge is -2.06. The minimum Gasteiger partial charge on any atom is -0.340 e. The molecule has 0 aliphatic heterocycles. The van der Waals surface area contributed by atoms with Crippen LogP contribution in [0.15, 0.2) is 41.7 Å². The summed E-state index contributed by atoms with van der Waals surface area (Å²) < 4.78 is 13.1. The molecule has 4 nitrogen and oxygen atoms in total. The van der Waals surface area contributed by atoms with Crippen LogP contribution in [0.3, 0.4) is 0 Å². The van der Waals surface area contributed by atoms with Gasteiger partial charge in [0.05, 0.1) is 0 Å². The number of benzene rings is 1. The molecule has 0 saturated heterocycles. The summed E-state index contributed by atoms with van der Waals surface area (Å²) >= 11 is 5.71. The molecule has 0 radical (unpaired) electrons. The Morgan fingerprint density at radius 2 is 2.12 bits per heavy atom. The van der Waals surface area contributed by atoms with E-state index in [2.05, 4.69) is 15.5 Å². The van der Waals surface area contributed by atoms with E-state index in [4.69, 9.17) is 11.6 Å². The van der Waals surface area contributed by atoms with Crippen molar-refractivity contribution in [3.8, 4) is 0 Å². The molecule has 1 N–H and O–H groups in total. The van der Waals surface area contributed by atoms with Gasteiger partial charge >= 0.3 is 0 Å². The average Bonchev–Trinajstić information content (AvgIpc) is 2.28. The maximum Gasteiger partial charge on any atom is 0.132 e. The fourth-order valence-electron chi connectivity index (χ4n) is 1.32. The molecule has 0 amide bonds. The minimum atomic E-state index is -0.454. The largest absolute Gasteiger partial charge is 0.340 e. The second-order valence-corrected chi connectivity index (χ2v) is 3.71. The Morgan fingerprint density at radius 1 is 1.29 bits per heavy atom. The van der Waals surface area contributed by atoms with Crippen molar-refractivity contribution in [3.63, 3.8) is 0 Å². The quantitative estimate of drug-likeness (QED) is 0.839. The van der Waals surface area contributed by atoms with Crippen LogP contribution in [0.4, 0.5) is 21.6 Å². The van der Waals surface area contributed by atoms with E-state index in [1.807, 2.05) is 0 Å². The second-order valence-electron chi connectivity index (χ2n) is 3.27. The first-order chi connectivity index (χ1) is 8.17. The molecule has 2 aromatic rings. The Labute approximate surface area is 101 Å². The minimum absolute atomic E-state index is 0.241. The number of nitroso groups, excluding NO2 is 1. The van der Waals surface area contributed by atoms with E-state index in [-0.39, 0.29) is 10.7 Å². The molecule has 0 saturated carbocycles. The summed E-state index contributed by atoms with van der Waals surface area (Å²) in [5, 5.41) is 5.88. The number of hydrogen-bond donors (Lipinski definition) is 1. The van der Waals surface area contributed by atoms with E-state index in [0.717, 1.165) is 0 Å². The van der Waals surface area contributed by atoms with Crippen molar-refractivity contribution in [2.75, 3.05) is 5.32 Å². The molecular weight excluding hydrogens is 245 g/mol. The Balaban J connectivity index is 2.27. The number of anilines is 2. The zero-order chi connectivity index (χ0) is 12.3. The van der Waals surface area contributed by atoms with Crippen LogP contribution in [0.2, 0.25) is 5.02 Å². The van der Waals surface area contributed by atoms with E-state index in [9.17, 15) is 9.30 Å². The van der Waals surface area contributed by atoms with Crippen molar-refractivity contribution in [1.82, 2.24) is 4.98 Å². The summed E-state index contributed by atoms with van der Waals surface area (Å²) in [5.41, 5.74) is 0.690. The standard InChI is InChI=1S/C11H7ClFN3O/c12-7-3-8(13)5-10(4-7)15-11-6-9(16-17)1-2-14-11/h1-6H,(H,14,15). The van der Waals surface area contributed by atoms with Gasteiger partial charge in [0.25, 0.3) is 0 Å². The second kappa shape index (κ2) is 4.88. The first kappa shape index (κ1) is 11.5. The molecule has 1 heterocycles. The summed E-state index contributed by atoms with van der Waals surface area (Å²) in [6.07, 6.45) is 1.43. The van der Waals surface area contributed by atoms with Gasteiger partial charge in [-0.25, -0.2) is 9.37 Å². The molecule has 0 spiro atoms. The topological polar surface area (TPSA) is 54.4 Å². The number of nitrogens with one attached hydrogen (secondary N) is 1. The van der Waals surface area contributed by atoms with Gasteiger partial charge in [0.15, 0.2) is 0 Å². The van der Waals surface area contributed by atoms with Crippen LogP contribution in [0.25, 0.3) is 0 Å². The molecule has 6 heteroatoms. The molecule has 17 heavy (non-hydrogen) atoms. The molecule has 1 aromatic carbocycles. The maximum atomic E-state index is 13.1. The van der Waals surface area contributed by atoms with Crippen molar-refractivity contribution < 1.29 is 4.39 Å². The first-order valence-corrected chi connectivity index (χ1v) is 5.08. The molecule has 0 bridgehead atoms. The van der Waals surface area contributed by atoms with E-state index in [0.29, 0.717) is 11.5 Å².